The number of piperidine rings is 2. The van der Waals surface area contributed by atoms with Crippen molar-refractivity contribution in [2.75, 3.05) is 41.3 Å². The van der Waals surface area contributed by atoms with Gasteiger partial charge in [-0.25, -0.2) is 10.1 Å². The summed E-state index contributed by atoms with van der Waals surface area (Å²) in [7, 11) is 0. The highest BCUT2D eigenvalue weighted by Crippen LogP contribution is 2.40. The molecule has 0 radical (unpaired) electrons. The van der Waals surface area contributed by atoms with E-state index >= 15 is 0 Å². The molecule has 5 rings (SSSR count). The normalized spacial score (nSPS) is 22.3. The summed E-state index contributed by atoms with van der Waals surface area (Å²) in [4.78, 5) is 38.2. The zero-order valence-electron chi connectivity index (χ0n) is 22.6. The number of aromatic amines is 1. The standard InChI is InChI=1S/C28H37N7O3/c1-17-13-18(2)16-35(15-17)27-31-22-14-29-33-25(36)23(22)24(32-27)30-20-5-7-21(8-6-20)34-11-9-28(4,10-12-34)19(3)26(37)38/h5-8,14,17-19H,9-13,15-16H2,1-4H3,(H,33,36)(H,37,38)(H,30,31,32). The molecule has 2 aliphatic heterocycles. The minimum absolute atomic E-state index is 0.193. The molecule has 0 amide bonds. The van der Waals surface area contributed by atoms with Gasteiger partial charge in [-0.2, -0.15) is 10.1 Å². The van der Waals surface area contributed by atoms with E-state index in [1.165, 1.54) is 6.42 Å². The molecule has 2 aromatic heterocycles. The summed E-state index contributed by atoms with van der Waals surface area (Å²) in [5.74, 6) is 1.06. The molecule has 2 fully saturated rings. The third-order valence-electron chi connectivity index (χ3n) is 8.47. The van der Waals surface area contributed by atoms with Crippen molar-refractivity contribution in [3.05, 3.63) is 40.8 Å². The number of rotatable bonds is 6. The van der Waals surface area contributed by atoms with Crippen molar-refractivity contribution >= 4 is 40.0 Å². The number of carboxylic acids is 1. The molecule has 10 heteroatoms. The molecule has 202 valence electrons. The van der Waals surface area contributed by atoms with Crippen LogP contribution in [0.1, 0.15) is 47.0 Å². The molecule has 0 bridgehead atoms. The maximum absolute atomic E-state index is 12.7. The predicted octanol–water partition coefficient (Wildman–Crippen LogP) is 4.27. The van der Waals surface area contributed by atoms with Crippen molar-refractivity contribution in [3.8, 4) is 0 Å². The first-order chi connectivity index (χ1) is 18.1. The van der Waals surface area contributed by atoms with E-state index in [0.717, 1.165) is 50.4 Å². The van der Waals surface area contributed by atoms with Gasteiger partial charge in [0.2, 0.25) is 5.95 Å². The molecule has 0 saturated carbocycles. The van der Waals surface area contributed by atoms with Crippen LogP contribution in [0.15, 0.2) is 35.3 Å². The minimum atomic E-state index is -0.726. The smallest absolute Gasteiger partial charge is 0.306 e. The van der Waals surface area contributed by atoms with Crippen molar-refractivity contribution in [1.29, 1.82) is 0 Å². The first kappa shape index (κ1) is 25.9. The van der Waals surface area contributed by atoms with Crippen LogP contribution in [-0.4, -0.2) is 57.4 Å². The summed E-state index contributed by atoms with van der Waals surface area (Å²) < 4.78 is 0. The zero-order valence-corrected chi connectivity index (χ0v) is 22.6. The summed E-state index contributed by atoms with van der Waals surface area (Å²) in [6, 6.07) is 8.07. The molecule has 1 aromatic carbocycles. The number of hydrogen-bond donors (Lipinski definition) is 3. The quantitative estimate of drug-likeness (QED) is 0.437. The second-order valence-corrected chi connectivity index (χ2v) is 11.6. The van der Waals surface area contributed by atoms with Crippen molar-refractivity contribution in [2.24, 2.45) is 23.2 Å². The van der Waals surface area contributed by atoms with E-state index < -0.39 is 5.97 Å². The molecule has 3 unspecified atom stereocenters. The van der Waals surface area contributed by atoms with Gasteiger partial charge < -0.3 is 20.2 Å². The van der Waals surface area contributed by atoms with Crippen LogP contribution in [0.2, 0.25) is 0 Å². The average Bonchev–Trinajstić information content (AvgIpc) is 2.88. The maximum Gasteiger partial charge on any atom is 0.306 e. The molecule has 4 heterocycles. The van der Waals surface area contributed by atoms with Crippen molar-refractivity contribution in [1.82, 2.24) is 20.2 Å². The van der Waals surface area contributed by atoms with E-state index in [0.29, 0.717) is 34.5 Å². The topological polar surface area (TPSA) is 127 Å². The Balaban J connectivity index is 1.36. The summed E-state index contributed by atoms with van der Waals surface area (Å²) >= 11 is 0. The van der Waals surface area contributed by atoms with E-state index in [1.54, 1.807) is 6.20 Å². The SMILES string of the molecule is CC1CC(C)CN(c2nc(Nc3ccc(N4CCC(C)(C(C)C(=O)O)CC4)cc3)c3c(=O)[nH]ncc3n2)C1. The van der Waals surface area contributed by atoms with Gasteiger partial charge in [0.1, 0.15) is 16.7 Å². The van der Waals surface area contributed by atoms with E-state index in [9.17, 15) is 14.7 Å². The molecule has 0 aliphatic carbocycles. The molecule has 3 aromatic rings. The largest absolute Gasteiger partial charge is 0.481 e. The lowest BCUT2D eigenvalue weighted by Crippen LogP contribution is -2.43. The van der Waals surface area contributed by atoms with E-state index in [2.05, 4.69) is 63.2 Å². The number of carboxylic acid groups (broad SMARTS) is 1. The number of hydrogen-bond acceptors (Lipinski definition) is 8. The fourth-order valence-electron chi connectivity index (χ4n) is 5.95. The summed E-state index contributed by atoms with van der Waals surface area (Å²) in [5.41, 5.74) is 1.89. The van der Waals surface area contributed by atoms with Gasteiger partial charge in [-0.3, -0.25) is 9.59 Å². The van der Waals surface area contributed by atoms with E-state index in [1.807, 2.05) is 19.1 Å². The van der Waals surface area contributed by atoms with Gasteiger partial charge in [-0.05, 0) is 60.8 Å². The van der Waals surface area contributed by atoms with Crippen molar-refractivity contribution in [3.63, 3.8) is 0 Å². The van der Waals surface area contributed by atoms with Gasteiger partial charge >= 0.3 is 5.97 Å². The number of aliphatic carboxylic acids is 1. The minimum Gasteiger partial charge on any atom is -0.481 e. The van der Waals surface area contributed by atoms with Gasteiger partial charge in [0.15, 0.2) is 0 Å². The van der Waals surface area contributed by atoms with E-state index in [4.69, 9.17) is 4.98 Å². The van der Waals surface area contributed by atoms with E-state index in [-0.39, 0.29) is 16.9 Å². The summed E-state index contributed by atoms with van der Waals surface area (Å²) in [6.07, 6.45) is 4.42. The van der Waals surface area contributed by atoms with Crippen LogP contribution in [-0.2, 0) is 4.79 Å². The maximum atomic E-state index is 12.7. The molecule has 0 spiro atoms. The van der Waals surface area contributed by atoms with Crippen LogP contribution >= 0.6 is 0 Å². The molecular formula is C28H37N7O3. The van der Waals surface area contributed by atoms with Gasteiger partial charge in [0, 0.05) is 37.6 Å². The van der Waals surface area contributed by atoms with Gasteiger partial charge in [0.25, 0.3) is 5.56 Å². The molecule has 2 saturated heterocycles. The van der Waals surface area contributed by atoms with Crippen LogP contribution < -0.4 is 20.7 Å². The number of nitrogens with one attached hydrogen (secondary N) is 2. The molecule has 2 aliphatic rings. The van der Waals surface area contributed by atoms with Crippen LogP contribution in [0.4, 0.5) is 23.1 Å². The number of aromatic nitrogens is 4. The van der Waals surface area contributed by atoms with Crippen LogP contribution in [0, 0.1) is 23.2 Å². The van der Waals surface area contributed by atoms with Crippen LogP contribution in [0.3, 0.4) is 0 Å². The first-order valence-corrected chi connectivity index (χ1v) is 13.5. The zero-order chi connectivity index (χ0) is 27.0. The molecule has 3 atom stereocenters. The molecule has 3 N–H and O–H groups in total. The van der Waals surface area contributed by atoms with Gasteiger partial charge in [-0.1, -0.05) is 27.7 Å². The van der Waals surface area contributed by atoms with Gasteiger partial charge in [-0.15, -0.1) is 0 Å². The number of fused-ring (bicyclic) bond motifs is 1. The lowest BCUT2D eigenvalue weighted by atomic mass is 9.71. The first-order valence-electron chi connectivity index (χ1n) is 13.5. The Bertz CT molecular complexity index is 1360. The third kappa shape index (κ3) is 5.16. The monoisotopic (exact) mass is 519 g/mol. The Kier molecular flexibility index (Phi) is 6.98. The third-order valence-corrected chi connectivity index (χ3v) is 8.47. The van der Waals surface area contributed by atoms with Crippen LogP contribution in [0.25, 0.3) is 10.9 Å². The summed E-state index contributed by atoms with van der Waals surface area (Å²) in [5, 5.41) is 19.7. The van der Waals surface area contributed by atoms with Crippen molar-refractivity contribution in [2.45, 2.75) is 47.0 Å². The molecule has 10 nitrogen and oxygen atoms in total. The Hall–Kier alpha value is -3.69. The highest BCUT2D eigenvalue weighted by molar-refractivity contribution is 5.90. The summed E-state index contributed by atoms with van der Waals surface area (Å²) in [6.45, 7) is 11.8. The van der Waals surface area contributed by atoms with Crippen LogP contribution in [0.5, 0.6) is 0 Å². The fourth-order valence-corrected chi connectivity index (χ4v) is 5.95. The lowest BCUT2D eigenvalue weighted by molar-refractivity contribution is -0.146. The highest BCUT2D eigenvalue weighted by Gasteiger charge is 2.38. The number of H-pyrrole nitrogens is 1. The molecule has 38 heavy (non-hydrogen) atoms. The average molecular weight is 520 g/mol. The lowest BCUT2D eigenvalue weighted by Gasteiger charge is -2.42. The Labute approximate surface area is 222 Å². The number of nitrogens with zero attached hydrogens (tertiary/aromatic N) is 5. The fraction of sp³-hybridized carbons (Fsp3) is 0.536. The second kappa shape index (κ2) is 10.2. The number of anilines is 4. The predicted molar refractivity (Wildman–Crippen MR) is 149 cm³/mol. The van der Waals surface area contributed by atoms with Crippen molar-refractivity contribution < 1.29 is 9.90 Å². The highest BCUT2D eigenvalue weighted by atomic mass is 16.4. The molecular weight excluding hydrogens is 482 g/mol. The number of carbonyl (C=O) groups is 1. The Morgan fingerprint density at radius 2 is 1.76 bits per heavy atom. The Morgan fingerprint density at radius 3 is 2.39 bits per heavy atom. The Morgan fingerprint density at radius 1 is 1.11 bits per heavy atom. The van der Waals surface area contributed by atoms with Gasteiger partial charge in [0.05, 0.1) is 12.1 Å². The second-order valence-electron chi connectivity index (χ2n) is 11.6. The number of benzene rings is 1.